The summed E-state index contributed by atoms with van der Waals surface area (Å²) in [5.41, 5.74) is 1.33. The number of pyridine rings is 1. The molecule has 0 aliphatic rings. The van der Waals surface area contributed by atoms with Gasteiger partial charge in [-0.2, -0.15) is 0 Å². The van der Waals surface area contributed by atoms with Crippen LogP contribution in [0.15, 0.2) is 36.7 Å². The van der Waals surface area contributed by atoms with Gasteiger partial charge >= 0.3 is 5.97 Å². The van der Waals surface area contributed by atoms with Crippen molar-refractivity contribution in [1.82, 2.24) is 4.98 Å². The molecule has 2 aromatic rings. The average Bonchev–Trinajstić information content (AvgIpc) is 2.53. The molecule has 0 atom stereocenters. The minimum atomic E-state index is -0.635. The summed E-state index contributed by atoms with van der Waals surface area (Å²) < 4.78 is 4.89. The van der Waals surface area contributed by atoms with Crippen LogP contribution in [-0.4, -0.2) is 23.5 Å². The molecule has 0 spiro atoms. The molecule has 0 aliphatic heterocycles. The third-order valence-corrected chi connectivity index (χ3v) is 3.58. The highest BCUT2D eigenvalue weighted by atomic mass is 35.5. The molecule has 22 heavy (non-hydrogen) atoms. The first-order valence-corrected chi connectivity index (χ1v) is 7.06. The van der Waals surface area contributed by atoms with E-state index in [2.05, 4.69) is 10.3 Å². The maximum atomic E-state index is 11.8. The van der Waals surface area contributed by atoms with Crippen molar-refractivity contribution in [2.45, 2.75) is 6.92 Å². The zero-order valence-electron chi connectivity index (χ0n) is 11.6. The minimum Gasteiger partial charge on any atom is -0.452 e. The van der Waals surface area contributed by atoms with Crippen molar-refractivity contribution in [1.29, 1.82) is 0 Å². The second-order valence-electron chi connectivity index (χ2n) is 4.42. The number of halogens is 2. The second-order valence-corrected chi connectivity index (χ2v) is 5.20. The summed E-state index contributed by atoms with van der Waals surface area (Å²) in [4.78, 5) is 27.3. The van der Waals surface area contributed by atoms with Crippen LogP contribution >= 0.6 is 23.2 Å². The van der Waals surface area contributed by atoms with E-state index in [4.69, 9.17) is 27.9 Å². The molecule has 0 aliphatic carbocycles. The summed E-state index contributed by atoms with van der Waals surface area (Å²) in [6, 6.07) is 6.51. The van der Waals surface area contributed by atoms with E-state index < -0.39 is 18.5 Å². The Labute approximate surface area is 137 Å². The van der Waals surface area contributed by atoms with Crippen molar-refractivity contribution in [2.75, 3.05) is 11.9 Å². The van der Waals surface area contributed by atoms with Gasteiger partial charge < -0.3 is 10.1 Å². The highest BCUT2D eigenvalue weighted by molar-refractivity contribution is 6.40. The highest BCUT2D eigenvalue weighted by Crippen LogP contribution is 2.32. The predicted molar refractivity (Wildman–Crippen MR) is 84.3 cm³/mol. The number of benzene rings is 1. The van der Waals surface area contributed by atoms with Gasteiger partial charge in [0.2, 0.25) is 0 Å². The molecule has 0 fully saturated rings. The van der Waals surface area contributed by atoms with Crippen molar-refractivity contribution in [3.05, 3.63) is 57.8 Å². The lowest BCUT2D eigenvalue weighted by Crippen LogP contribution is -2.21. The lowest BCUT2D eigenvalue weighted by atomic mass is 10.2. The van der Waals surface area contributed by atoms with Crippen LogP contribution in [0.1, 0.15) is 15.9 Å². The number of anilines is 1. The van der Waals surface area contributed by atoms with Crippen molar-refractivity contribution in [3.63, 3.8) is 0 Å². The zero-order chi connectivity index (χ0) is 16.1. The molecule has 1 N–H and O–H groups in total. The standard InChI is InChI=1S/C15H12Cl2N2O3/c1-9-4-5-11(16)14(13(9)17)19-12(20)8-22-15(21)10-3-2-6-18-7-10/h2-7H,8H2,1H3,(H,19,20). The molecule has 0 radical (unpaired) electrons. The number of hydrogen-bond donors (Lipinski definition) is 1. The zero-order valence-corrected chi connectivity index (χ0v) is 13.1. The maximum absolute atomic E-state index is 11.8. The number of carbonyl (C=O) groups excluding carboxylic acids is 2. The fraction of sp³-hybridized carbons (Fsp3) is 0.133. The minimum absolute atomic E-state index is 0.266. The Morgan fingerprint density at radius 2 is 2.05 bits per heavy atom. The van der Waals surface area contributed by atoms with E-state index in [-0.39, 0.29) is 5.56 Å². The Kier molecular flexibility index (Phi) is 5.35. The summed E-state index contributed by atoms with van der Waals surface area (Å²) in [5, 5.41) is 3.19. The first-order valence-electron chi connectivity index (χ1n) is 6.30. The molecule has 5 nitrogen and oxygen atoms in total. The van der Waals surface area contributed by atoms with Gasteiger partial charge in [-0.1, -0.05) is 29.3 Å². The van der Waals surface area contributed by atoms with Gasteiger partial charge in [-0.3, -0.25) is 9.78 Å². The fourth-order valence-electron chi connectivity index (χ4n) is 1.64. The molecule has 0 saturated carbocycles. The van der Waals surface area contributed by atoms with Crippen LogP contribution in [-0.2, 0) is 9.53 Å². The quantitative estimate of drug-likeness (QED) is 0.866. The lowest BCUT2D eigenvalue weighted by Gasteiger charge is -2.11. The molecule has 0 unspecified atom stereocenters. The van der Waals surface area contributed by atoms with E-state index in [1.54, 1.807) is 31.2 Å². The number of carbonyl (C=O) groups is 2. The third kappa shape index (κ3) is 3.96. The lowest BCUT2D eigenvalue weighted by molar-refractivity contribution is -0.119. The molecular weight excluding hydrogens is 327 g/mol. The van der Waals surface area contributed by atoms with E-state index in [1.807, 2.05) is 0 Å². The number of ether oxygens (including phenoxy) is 1. The van der Waals surface area contributed by atoms with E-state index in [0.29, 0.717) is 15.7 Å². The van der Waals surface area contributed by atoms with Crippen molar-refractivity contribution in [2.24, 2.45) is 0 Å². The number of esters is 1. The Morgan fingerprint density at radius 1 is 1.27 bits per heavy atom. The van der Waals surface area contributed by atoms with Crippen LogP contribution in [0.5, 0.6) is 0 Å². The van der Waals surface area contributed by atoms with E-state index in [0.717, 1.165) is 5.56 Å². The molecule has 2 rings (SSSR count). The van der Waals surface area contributed by atoms with Crippen molar-refractivity contribution >= 4 is 40.8 Å². The van der Waals surface area contributed by atoms with Crippen LogP contribution < -0.4 is 5.32 Å². The molecule has 1 amide bonds. The van der Waals surface area contributed by atoms with Gasteiger partial charge in [0.25, 0.3) is 5.91 Å². The number of aromatic nitrogens is 1. The molecule has 1 aromatic heterocycles. The van der Waals surface area contributed by atoms with Gasteiger partial charge in [0.1, 0.15) is 0 Å². The largest absolute Gasteiger partial charge is 0.452 e. The van der Waals surface area contributed by atoms with Crippen molar-refractivity contribution < 1.29 is 14.3 Å². The third-order valence-electron chi connectivity index (χ3n) is 2.78. The Balaban J connectivity index is 1.97. The number of aryl methyl sites for hydroxylation is 1. The number of nitrogens with zero attached hydrogens (tertiary/aromatic N) is 1. The van der Waals surface area contributed by atoms with Crippen LogP contribution in [0, 0.1) is 6.92 Å². The molecular formula is C15H12Cl2N2O3. The number of nitrogens with one attached hydrogen (secondary N) is 1. The van der Waals surface area contributed by atoms with Gasteiger partial charge in [-0.05, 0) is 30.7 Å². The summed E-state index contributed by atoms with van der Waals surface area (Å²) >= 11 is 12.1. The Hall–Kier alpha value is -2.11. The van der Waals surface area contributed by atoms with Gasteiger partial charge in [-0.15, -0.1) is 0 Å². The normalized spacial score (nSPS) is 10.1. The summed E-state index contributed by atoms with van der Waals surface area (Å²) in [6.45, 7) is 1.34. The summed E-state index contributed by atoms with van der Waals surface area (Å²) in [6.07, 6.45) is 2.89. The fourth-order valence-corrected chi connectivity index (χ4v) is 2.11. The smallest absolute Gasteiger partial charge is 0.340 e. The van der Waals surface area contributed by atoms with Gasteiger partial charge in [0, 0.05) is 12.4 Å². The van der Waals surface area contributed by atoms with Crippen LogP contribution in [0.25, 0.3) is 0 Å². The van der Waals surface area contributed by atoms with Crippen LogP contribution in [0.2, 0.25) is 10.0 Å². The molecule has 7 heteroatoms. The van der Waals surface area contributed by atoms with Crippen molar-refractivity contribution in [3.8, 4) is 0 Å². The molecule has 0 saturated heterocycles. The average molecular weight is 339 g/mol. The molecule has 114 valence electrons. The molecule has 1 heterocycles. The first-order chi connectivity index (χ1) is 10.5. The van der Waals surface area contributed by atoms with Gasteiger partial charge in [-0.25, -0.2) is 4.79 Å². The Bertz CT molecular complexity index is 705. The topological polar surface area (TPSA) is 68.3 Å². The number of amides is 1. The first kappa shape index (κ1) is 16.3. The van der Waals surface area contributed by atoms with Crippen LogP contribution in [0.4, 0.5) is 5.69 Å². The second kappa shape index (κ2) is 7.24. The maximum Gasteiger partial charge on any atom is 0.340 e. The Morgan fingerprint density at radius 3 is 2.73 bits per heavy atom. The van der Waals surface area contributed by atoms with Crippen LogP contribution in [0.3, 0.4) is 0 Å². The highest BCUT2D eigenvalue weighted by Gasteiger charge is 2.14. The summed E-state index contributed by atoms with van der Waals surface area (Å²) in [7, 11) is 0. The van der Waals surface area contributed by atoms with E-state index >= 15 is 0 Å². The van der Waals surface area contributed by atoms with Gasteiger partial charge in [0.15, 0.2) is 6.61 Å². The predicted octanol–water partition coefficient (Wildman–Crippen LogP) is 3.49. The van der Waals surface area contributed by atoms with E-state index in [9.17, 15) is 9.59 Å². The number of hydrogen-bond acceptors (Lipinski definition) is 4. The van der Waals surface area contributed by atoms with E-state index in [1.165, 1.54) is 12.4 Å². The number of rotatable bonds is 4. The summed E-state index contributed by atoms with van der Waals surface area (Å²) in [5.74, 6) is -1.17. The van der Waals surface area contributed by atoms with Gasteiger partial charge in [0.05, 0.1) is 21.3 Å². The molecule has 1 aromatic carbocycles. The monoisotopic (exact) mass is 338 g/mol. The SMILES string of the molecule is Cc1ccc(Cl)c(NC(=O)COC(=O)c2cccnc2)c1Cl. The molecule has 0 bridgehead atoms.